The second-order valence-electron chi connectivity index (χ2n) is 10.4. The molecule has 3 N–H and O–H groups in total. The molecule has 2 heterocycles. The highest BCUT2D eigenvalue weighted by molar-refractivity contribution is 7.92. The molecule has 10 nitrogen and oxygen atoms in total. The van der Waals surface area contributed by atoms with Gasteiger partial charge in [0, 0.05) is 26.1 Å². The molecule has 0 aliphatic carbocycles. The summed E-state index contributed by atoms with van der Waals surface area (Å²) >= 11 is -1.23. The minimum atomic E-state index is -1.23. The van der Waals surface area contributed by atoms with Gasteiger partial charge in [0.15, 0.2) is 0 Å². The molecule has 1 unspecified atom stereocenters. The zero-order chi connectivity index (χ0) is 29.6. The van der Waals surface area contributed by atoms with Gasteiger partial charge in [0.2, 0.25) is 11.8 Å². The first-order valence-corrected chi connectivity index (χ1v) is 15.4. The van der Waals surface area contributed by atoms with Gasteiger partial charge in [-0.15, -0.1) is 6.58 Å². The highest BCUT2D eigenvalue weighted by atomic mass is 32.2. The number of rotatable bonds is 11. The van der Waals surface area contributed by atoms with Crippen LogP contribution in [0, 0.1) is 0 Å². The number of anilines is 1. The molecule has 2 saturated heterocycles. The number of benzene rings is 3. The summed E-state index contributed by atoms with van der Waals surface area (Å²) in [6, 6.07) is 23.5. The zero-order valence-corrected chi connectivity index (χ0v) is 24.4. The predicted molar refractivity (Wildman–Crippen MR) is 163 cm³/mol. The Bertz CT molecular complexity index is 1390. The number of amides is 2. The Kier molecular flexibility index (Phi) is 9.45. The van der Waals surface area contributed by atoms with Crippen molar-refractivity contribution in [1.29, 1.82) is 0 Å². The maximum absolute atomic E-state index is 14.1. The highest BCUT2D eigenvalue weighted by Crippen LogP contribution is 2.29. The van der Waals surface area contributed by atoms with E-state index in [-0.39, 0.29) is 30.7 Å². The number of hydrazine groups is 2. The van der Waals surface area contributed by atoms with E-state index in [1.807, 2.05) is 64.7 Å². The molecule has 2 aliphatic heterocycles. The summed E-state index contributed by atoms with van der Waals surface area (Å²) in [5, 5.41) is 13.7. The van der Waals surface area contributed by atoms with Crippen molar-refractivity contribution in [3.8, 4) is 5.75 Å². The van der Waals surface area contributed by atoms with Crippen LogP contribution in [0.5, 0.6) is 5.75 Å². The number of phenols is 1. The van der Waals surface area contributed by atoms with Crippen LogP contribution in [0.1, 0.15) is 16.7 Å². The van der Waals surface area contributed by atoms with Crippen molar-refractivity contribution in [1.82, 2.24) is 25.4 Å². The van der Waals surface area contributed by atoms with Gasteiger partial charge in [0.1, 0.15) is 24.2 Å². The van der Waals surface area contributed by atoms with Crippen LogP contribution in [0.2, 0.25) is 0 Å². The van der Waals surface area contributed by atoms with Crippen molar-refractivity contribution < 1.29 is 19.2 Å². The molecule has 220 valence electrons. The Labute approximate surface area is 249 Å². The number of hydrogen-bond acceptors (Lipinski definition) is 8. The van der Waals surface area contributed by atoms with E-state index in [2.05, 4.69) is 16.7 Å². The molecule has 2 aliphatic rings. The molecular weight excluding hydrogens is 552 g/mol. The van der Waals surface area contributed by atoms with Crippen molar-refractivity contribution in [2.75, 3.05) is 30.6 Å². The monoisotopic (exact) mass is 588 g/mol. The third kappa shape index (κ3) is 6.94. The lowest BCUT2D eigenvalue weighted by Crippen LogP contribution is -2.77. The van der Waals surface area contributed by atoms with E-state index >= 15 is 0 Å². The fourth-order valence-corrected chi connectivity index (χ4v) is 5.99. The number of piperazine rings is 1. The summed E-state index contributed by atoms with van der Waals surface area (Å²) in [5.41, 5.74) is 7.03. The molecule has 2 amide bonds. The number of phenolic OH excluding ortho intramolecular Hbond substituents is 1. The number of hydrogen-bond donors (Lipinski definition) is 3. The van der Waals surface area contributed by atoms with Crippen LogP contribution in [0.3, 0.4) is 0 Å². The van der Waals surface area contributed by atoms with E-state index < -0.39 is 23.6 Å². The maximum Gasteiger partial charge on any atom is 0.246 e. The molecule has 2 fully saturated rings. The normalized spacial score (nSPS) is 20.3. The number of carbonyl (C=O) groups is 2. The van der Waals surface area contributed by atoms with E-state index in [1.165, 1.54) is 0 Å². The summed E-state index contributed by atoms with van der Waals surface area (Å²) in [7, 11) is 0. The van der Waals surface area contributed by atoms with E-state index in [4.69, 9.17) is 0 Å². The molecule has 5 rings (SSSR count). The van der Waals surface area contributed by atoms with Gasteiger partial charge < -0.3 is 19.5 Å². The topological polar surface area (TPSA) is 114 Å². The second kappa shape index (κ2) is 13.4. The third-order valence-corrected chi connectivity index (χ3v) is 7.91. The fraction of sp³-hybridized carbons (Fsp3) is 0.290. The smallest absolute Gasteiger partial charge is 0.246 e. The Morgan fingerprint density at radius 3 is 2.48 bits per heavy atom. The molecule has 0 saturated carbocycles. The van der Waals surface area contributed by atoms with E-state index in [0.29, 0.717) is 31.7 Å². The van der Waals surface area contributed by atoms with Gasteiger partial charge >= 0.3 is 0 Å². The van der Waals surface area contributed by atoms with Crippen LogP contribution >= 0.6 is 0 Å². The summed E-state index contributed by atoms with van der Waals surface area (Å²) < 4.78 is 14.6. The van der Waals surface area contributed by atoms with Crippen molar-refractivity contribution in [2.24, 2.45) is 0 Å². The average molecular weight is 589 g/mol. The van der Waals surface area contributed by atoms with Crippen LogP contribution in [-0.4, -0.2) is 79.5 Å². The minimum Gasteiger partial charge on any atom is -0.593 e. The standard InChI is InChI=1S/C31H36N6O4S/c1-3-16-35-22-30(39)36-28(18-23-12-14-27(38)15-13-23)31(40)34(20-25-10-7-11-26(17-25)33-42(2)41)21-29(36)37(35)32-19-24-8-5-4-6-9-24/h3-15,17,28-29,32-33,38H,1,16,18-22H2,2H3/t28-,29-,42?/m0/s1. The van der Waals surface area contributed by atoms with Crippen molar-refractivity contribution in [3.05, 3.63) is 108 Å². The number of nitrogens with zero attached hydrogens (tertiary/aromatic N) is 4. The maximum atomic E-state index is 14.1. The third-order valence-electron chi connectivity index (χ3n) is 7.39. The van der Waals surface area contributed by atoms with Gasteiger partial charge in [-0.2, -0.15) is 5.12 Å². The van der Waals surface area contributed by atoms with Gasteiger partial charge in [-0.25, -0.2) is 15.2 Å². The molecule has 0 spiro atoms. The van der Waals surface area contributed by atoms with Crippen LogP contribution in [0.15, 0.2) is 91.5 Å². The highest BCUT2D eigenvalue weighted by Gasteiger charge is 2.49. The lowest BCUT2D eigenvalue weighted by molar-refractivity contribution is -0.217. The van der Waals surface area contributed by atoms with E-state index in [1.54, 1.807) is 46.4 Å². The quantitative estimate of drug-likeness (QED) is 0.232. The number of carbonyl (C=O) groups excluding carboxylic acids is 2. The van der Waals surface area contributed by atoms with Gasteiger partial charge in [0.05, 0.1) is 30.1 Å². The number of fused-ring (bicyclic) bond motifs is 1. The number of aromatic hydroxyl groups is 1. The van der Waals surface area contributed by atoms with Crippen molar-refractivity contribution >= 4 is 28.9 Å². The lowest BCUT2D eigenvalue weighted by Gasteiger charge is -2.55. The summed E-state index contributed by atoms with van der Waals surface area (Å²) in [4.78, 5) is 31.3. The fourth-order valence-electron chi connectivity index (χ4n) is 5.53. The Morgan fingerprint density at radius 1 is 1.02 bits per heavy atom. The molecule has 3 aromatic carbocycles. The molecular formula is C31H36N6O4S. The second-order valence-corrected chi connectivity index (χ2v) is 11.6. The molecule has 3 atom stereocenters. The van der Waals surface area contributed by atoms with Gasteiger partial charge in [0.25, 0.3) is 0 Å². The largest absolute Gasteiger partial charge is 0.593 e. The van der Waals surface area contributed by atoms with Gasteiger partial charge in [-0.05, 0) is 41.0 Å². The first-order valence-electron chi connectivity index (χ1n) is 13.8. The van der Waals surface area contributed by atoms with Gasteiger partial charge in [-0.1, -0.05) is 60.7 Å². The molecule has 3 aromatic rings. The predicted octanol–water partition coefficient (Wildman–Crippen LogP) is 2.63. The molecule has 11 heteroatoms. The van der Waals surface area contributed by atoms with Crippen molar-refractivity contribution in [3.63, 3.8) is 0 Å². The van der Waals surface area contributed by atoms with E-state index in [0.717, 1.165) is 16.7 Å². The zero-order valence-electron chi connectivity index (χ0n) is 23.6. The Hall–Kier alpha value is -3.87. The average Bonchev–Trinajstić information content (AvgIpc) is 2.96. The van der Waals surface area contributed by atoms with E-state index in [9.17, 15) is 19.2 Å². The first-order chi connectivity index (χ1) is 20.3. The van der Waals surface area contributed by atoms with Crippen LogP contribution in [-0.2, 0) is 40.5 Å². The molecule has 0 bridgehead atoms. The van der Waals surface area contributed by atoms with Crippen LogP contribution in [0.4, 0.5) is 5.69 Å². The molecule has 0 aromatic heterocycles. The van der Waals surface area contributed by atoms with Crippen molar-refractivity contribution in [2.45, 2.75) is 31.7 Å². The lowest BCUT2D eigenvalue weighted by atomic mass is 9.98. The SMILES string of the molecule is C=CCN1CC(=O)N2[C@@H](Cc3ccc(O)cc3)C(=O)N(Cc3cccc(N[S+](C)[O-])c3)C[C@@H]2N1NCc1ccccc1. The van der Waals surface area contributed by atoms with Crippen LogP contribution < -0.4 is 10.1 Å². The van der Waals surface area contributed by atoms with Gasteiger partial charge in [-0.3, -0.25) is 9.59 Å². The molecule has 42 heavy (non-hydrogen) atoms. The summed E-state index contributed by atoms with van der Waals surface area (Å²) in [6.07, 6.45) is 3.16. The minimum absolute atomic E-state index is 0.103. The Balaban J connectivity index is 1.48. The summed E-state index contributed by atoms with van der Waals surface area (Å²) in [5.74, 6) is -0.140. The summed E-state index contributed by atoms with van der Waals surface area (Å²) in [6.45, 7) is 5.59. The first kappa shape index (κ1) is 29.6. The van der Waals surface area contributed by atoms with Crippen LogP contribution in [0.25, 0.3) is 0 Å². The Morgan fingerprint density at radius 2 is 1.76 bits per heavy atom. The molecule has 0 radical (unpaired) electrons. The number of nitrogens with one attached hydrogen (secondary N) is 2.